The van der Waals surface area contributed by atoms with Crippen LogP contribution in [0.25, 0.3) is 10.9 Å². The van der Waals surface area contributed by atoms with Gasteiger partial charge >= 0.3 is 0 Å². The molecule has 0 spiro atoms. The summed E-state index contributed by atoms with van der Waals surface area (Å²) in [7, 11) is 0. The highest BCUT2D eigenvalue weighted by Gasteiger charge is 2.35. The van der Waals surface area contributed by atoms with E-state index in [-0.39, 0.29) is 23.6 Å². The average Bonchev–Trinajstić information content (AvgIpc) is 3.25. The standard InChI is InChI=1S/C18H21N3O3/c22-17-9-13(12-5-1-2-6-14(12)19-17)18(23)20-15-10-24-11-16(15)21-7-3-4-8-21/h1-2,5-6,9,15-16H,3-4,7-8,10-11H2,(H,19,22)(H,20,23)/t15-,16-/m0/s1. The van der Waals surface area contributed by atoms with E-state index >= 15 is 0 Å². The zero-order valence-corrected chi connectivity index (χ0v) is 13.5. The summed E-state index contributed by atoms with van der Waals surface area (Å²) in [5, 5.41) is 3.84. The van der Waals surface area contributed by atoms with Crippen molar-refractivity contribution in [1.82, 2.24) is 15.2 Å². The lowest BCUT2D eigenvalue weighted by molar-refractivity contribution is 0.0918. The highest BCUT2D eigenvalue weighted by atomic mass is 16.5. The minimum absolute atomic E-state index is 0.0337. The van der Waals surface area contributed by atoms with Crippen molar-refractivity contribution in [1.29, 1.82) is 0 Å². The Morgan fingerprint density at radius 1 is 1.21 bits per heavy atom. The van der Waals surface area contributed by atoms with E-state index in [1.807, 2.05) is 18.2 Å². The maximum absolute atomic E-state index is 12.8. The van der Waals surface area contributed by atoms with Gasteiger partial charge in [-0.2, -0.15) is 0 Å². The Bertz CT molecular complexity index is 811. The summed E-state index contributed by atoms with van der Waals surface area (Å²) in [6, 6.07) is 8.93. The smallest absolute Gasteiger partial charge is 0.252 e. The number of fused-ring (bicyclic) bond motifs is 1. The molecule has 0 unspecified atom stereocenters. The normalized spacial score (nSPS) is 24.5. The number of H-pyrrole nitrogens is 1. The molecule has 0 saturated carbocycles. The Labute approximate surface area is 139 Å². The Hall–Kier alpha value is -2.18. The highest BCUT2D eigenvalue weighted by molar-refractivity contribution is 6.06. The van der Waals surface area contributed by atoms with E-state index in [1.54, 1.807) is 6.07 Å². The van der Waals surface area contributed by atoms with E-state index in [1.165, 1.54) is 18.9 Å². The fourth-order valence-electron chi connectivity index (χ4n) is 3.75. The molecule has 4 rings (SSSR count). The highest BCUT2D eigenvalue weighted by Crippen LogP contribution is 2.20. The average molecular weight is 327 g/mol. The number of benzene rings is 1. The number of carbonyl (C=O) groups excluding carboxylic acids is 1. The van der Waals surface area contributed by atoms with Gasteiger partial charge in [-0.3, -0.25) is 14.5 Å². The second kappa shape index (κ2) is 6.37. The number of aromatic amines is 1. The molecule has 0 bridgehead atoms. The van der Waals surface area contributed by atoms with Crippen molar-refractivity contribution in [2.24, 2.45) is 0 Å². The van der Waals surface area contributed by atoms with Gasteiger partial charge in [0.25, 0.3) is 5.91 Å². The molecule has 6 nitrogen and oxygen atoms in total. The summed E-state index contributed by atoms with van der Waals surface area (Å²) >= 11 is 0. The number of hydrogen-bond donors (Lipinski definition) is 2. The molecule has 2 atom stereocenters. The maximum atomic E-state index is 12.8. The van der Waals surface area contributed by atoms with Gasteiger partial charge in [0.1, 0.15) is 0 Å². The van der Waals surface area contributed by atoms with Gasteiger partial charge in [-0.1, -0.05) is 18.2 Å². The third-order valence-electron chi connectivity index (χ3n) is 4.97. The van der Waals surface area contributed by atoms with E-state index in [2.05, 4.69) is 15.2 Å². The van der Waals surface area contributed by atoms with Gasteiger partial charge in [-0.05, 0) is 32.0 Å². The van der Waals surface area contributed by atoms with Gasteiger partial charge in [0.15, 0.2) is 0 Å². The van der Waals surface area contributed by atoms with Crippen molar-refractivity contribution in [3.8, 4) is 0 Å². The van der Waals surface area contributed by atoms with Crippen LogP contribution in [0.4, 0.5) is 0 Å². The summed E-state index contributed by atoms with van der Waals surface area (Å²) in [6.45, 7) is 3.30. The van der Waals surface area contributed by atoms with Crippen molar-refractivity contribution in [3.05, 3.63) is 46.2 Å². The summed E-state index contributed by atoms with van der Waals surface area (Å²) in [4.78, 5) is 29.8. The second-order valence-corrected chi connectivity index (χ2v) is 6.52. The van der Waals surface area contributed by atoms with Gasteiger partial charge in [0, 0.05) is 17.0 Å². The van der Waals surface area contributed by atoms with Crippen molar-refractivity contribution in [2.75, 3.05) is 26.3 Å². The lowest BCUT2D eigenvalue weighted by Gasteiger charge is -2.28. The molecule has 2 N–H and O–H groups in total. The van der Waals surface area contributed by atoms with Gasteiger partial charge in [0.2, 0.25) is 5.56 Å². The summed E-state index contributed by atoms with van der Waals surface area (Å²) in [5.74, 6) is -0.211. The number of para-hydroxylation sites is 1. The SMILES string of the molecule is O=C(N[C@H]1COC[C@@H]1N1CCCC1)c1cc(=O)[nH]c2ccccc12. The molecule has 126 valence electrons. The first-order chi connectivity index (χ1) is 11.7. The number of nitrogens with one attached hydrogen (secondary N) is 2. The summed E-state index contributed by atoms with van der Waals surface area (Å²) in [6.07, 6.45) is 2.41. The van der Waals surface area contributed by atoms with Crippen LogP contribution in [0.2, 0.25) is 0 Å². The lowest BCUT2D eigenvalue weighted by atomic mass is 10.1. The van der Waals surface area contributed by atoms with Crippen molar-refractivity contribution >= 4 is 16.8 Å². The molecule has 1 amide bonds. The van der Waals surface area contributed by atoms with Crippen LogP contribution in [-0.4, -0.2) is 54.2 Å². The lowest BCUT2D eigenvalue weighted by Crippen LogP contribution is -2.50. The number of pyridine rings is 1. The molecule has 3 heterocycles. The quantitative estimate of drug-likeness (QED) is 0.886. The van der Waals surface area contributed by atoms with Crippen molar-refractivity contribution < 1.29 is 9.53 Å². The zero-order valence-electron chi connectivity index (χ0n) is 13.5. The fraction of sp³-hybridized carbons (Fsp3) is 0.444. The first-order valence-electron chi connectivity index (χ1n) is 8.47. The minimum atomic E-state index is -0.266. The molecule has 2 aliphatic heterocycles. The van der Waals surface area contributed by atoms with Crippen molar-refractivity contribution in [3.63, 3.8) is 0 Å². The fourth-order valence-corrected chi connectivity index (χ4v) is 3.75. The molecular weight excluding hydrogens is 306 g/mol. The number of amides is 1. The molecule has 1 aromatic heterocycles. The Morgan fingerprint density at radius 2 is 2.00 bits per heavy atom. The number of aromatic nitrogens is 1. The predicted molar refractivity (Wildman–Crippen MR) is 91.2 cm³/mol. The van der Waals surface area contributed by atoms with Gasteiger partial charge in [-0.25, -0.2) is 0 Å². The molecule has 2 aliphatic rings. The minimum Gasteiger partial charge on any atom is -0.378 e. The molecule has 6 heteroatoms. The first kappa shape index (κ1) is 15.4. The topological polar surface area (TPSA) is 74.4 Å². The van der Waals surface area contributed by atoms with Crippen LogP contribution >= 0.6 is 0 Å². The van der Waals surface area contributed by atoms with Crippen LogP contribution in [0, 0.1) is 0 Å². The monoisotopic (exact) mass is 327 g/mol. The second-order valence-electron chi connectivity index (χ2n) is 6.52. The van der Waals surface area contributed by atoms with Crippen LogP contribution in [0.3, 0.4) is 0 Å². The third kappa shape index (κ3) is 2.83. The number of carbonyl (C=O) groups is 1. The Balaban J connectivity index is 1.59. The van der Waals surface area contributed by atoms with Crippen LogP contribution < -0.4 is 10.9 Å². The molecule has 0 aliphatic carbocycles. The van der Waals surface area contributed by atoms with Gasteiger partial charge in [0.05, 0.1) is 30.9 Å². The predicted octanol–water partition coefficient (Wildman–Crippen LogP) is 1.12. The molecule has 24 heavy (non-hydrogen) atoms. The van der Waals surface area contributed by atoms with E-state index in [9.17, 15) is 9.59 Å². The number of likely N-dealkylation sites (tertiary alicyclic amines) is 1. The van der Waals surface area contributed by atoms with Crippen LogP contribution in [0.15, 0.2) is 35.1 Å². The molecular formula is C18H21N3O3. The Kier molecular flexibility index (Phi) is 4.08. The van der Waals surface area contributed by atoms with E-state index in [0.29, 0.717) is 24.3 Å². The maximum Gasteiger partial charge on any atom is 0.252 e. The Morgan fingerprint density at radius 3 is 2.83 bits per heavy atom. The first-order valence-corrected chi connectivity index (χ1v) is 8.47. The van der Waals surface area contributed by atoms with E-state index < -0.39 is 0 Å². The molecule has 2 saturated heterocycles. The van der Waals surface area contributed by atoms with Crippen LogP contribution in [0.1, 0.15) is 23.2 Å². The molecule has 1 aromatic carbocycles. The van der Waals surface area contributed by atoms with Crippen LogP contribution in [0.5, 0.6) is 0 Å². The molecule has 2 fully saturated rings. The number of nitrogens with zero attached hydrogens (tertiary/aromatic N) is 1. The zero-order chi connectivity index (χ0) is 16.5. The third-order valence-corrected chi connectivity index (χ3v) is 4.97. The van der Waals surface area contributed by atoms with E-state index in [0.717, 1.165) is 18.5 Å². The number of rotatable bonds is 3. The largest absolute Gasteiger partial charge is 0.378 e. The molecule has 0 radical (unpaired) electrons. The van der Waals surface area contributed by atoms with Gasteiger partial charge in [-0.15, -0.1) is 0 Å². The molecule has 2 aromatic rings. The van der Waals surface area contributed by atoms with Crippen LogP contribution in [-0.2, 0) is 4.74 Å². The number of hydrogen-bond acceptors (Lipinski definition) is 4. The number of ether oxygens (including phenoxy) is 1. The summed E-state index contributed by atoms with van der Waals surface area (Å²) in [5.41, 5.74) is 0.827. The van der Waals surface area contributed by atoms with E-state index in [4.69, 9.17) is 4.74 Å². The summed E-state index contributed by atoms with van der Waals surface area (Å²) < 4.78 is 5.61. The van der Waals surface area contributed by atoms with Gasteiger partial charge < -0.3 is 15.0 Å². The van der Waals surface area contributed by atoms with Crippen molar-refractivity contribution in [2.45, 2.75) is 24.9 Å².